The minimum absolute atomic E-state index is 0.282. The van der Waals surface area contributed by atoms with Gasteiger partial charge in [-0.05, 0) is 57.2 Å². The van der Waals surface area contributed by atoms with Gasteiger partial charge in [0.1, 0.15) is 17.3 Å². The monoisotopic (exact) mass is 370 g/mol. The van der Waals surface area contributed by atoms with Crippen molar-refractivity contribution in [1.29, 1.82) is 0 Å². The molecule has 0 atom stereocenters. The fourth-order valence-corrected chi connectivity index (χ4v) is 3.21. The molecule has 0 spiro atoms. The van der Waals surface area contributed by atoms with Crippen LogP contribution in [0, 0.1) is 6.92 Å². The summed E-state index contributed by atoms with van der Waals surface area (Å²) < 4.78 is 0. The topological polar surface area (TPSA) is 66.9 Å². The number of halogens is 1. The third kappa shape index (κ3) is 5.30. The van der Waals surface area contributed by atoms with Crippen LogP contribution in [0.15, 0.2) is 42.0 Å². The molecular formula is C20H23ClN4O. The third-order valence-electron chi connectivity index (χ3n) is 4.29. The van der Waals surface area contributed by atoms with E-state index in [9.17, 15) is 4.79 Å². The molecule has 1 amide bonds. The third-order valence-corrected chi connectivity index (χ3v) is 4.53. The van der Waals surface area contributed by atoms with Crippen LogP contribution in [0.3, 0.4) is 0 Å². The molecule has 1 aromatic carbocycles. The average Bonchev–Trinajstić information content (AvgIpc) is 2.62. The first-order chi connectivity index (χ1) is 12.6. The predicted molar refractivity (Wildman–Crippen MR) is 106 cm³/mol. The van der Waals surface area contributed by atoms with Gasteiger partial charge in [0.05, 0.1) is 0 Å². The highest BCUT2D eigenvalue weighted by Crippen LogP contribution is 2.20. The SMILES string of the molecule is Cc1nc(NCCC2=CCCCC2)cc(C(=O)Nc2cccc(Cl)c2)n1. The van der Waals surface area contributed by atoms with Gasteiger partial charge >= 0.3 is 0 Å². The normalized spacial score (nSPS) is 13.8. The standard InChI is InChI=1S/C20H23ClN4O/c1-14-23-18(20(26)25-17-9-5-8-16(21)12-17)13-19(24-14)22-11-10-15-6-3-2-4-7-15/h5-6,8-9,12-13H,2-4,7,10-11H2,1H3,(H,25,26)(H,22,23,24). The van der Waals surface area contributed by atoms with Crippen molar-refractivity contribution in [2.75, 3.05) is 17.2 Å². The minimum atomic E-state index is -0.282. The summed E-state index contributed by atoms with van der Waals surface area (Å²) >= 11 is 5.95. The van der Waals surface area contributed by atoms with E-state index in [0.717, 1.165) is 13.0 Å². The molecule has 2 N–H and O–H groups in total. The lowest BCUT2D eigenvalue weighted by molar-refractivity contribution is 0.102. The van der Waals surface area contributed by atoms with Gasteiger partial charge in [0.2, 0.25) is 0 Å². The summed E-state index contributed by atoms with van der Waals surface area (Å²) in [5.41, 5.74) is 2.47. The van der Waals surface area contributed by atoms with Crippen LogP contribution in [0.25, 0.3) is 0 Å². The largest absolute Gasteiger partial charge is 0.370 e. The maximum atomic E-state index is 12.5. The Hall–Kier alpha value is -2.40. The van der Waals surface area contributed by atoms with Gasteiger partial charge in [-0.25, -0.2) is 9.97 Å². The van der Waals surface area contributed by atoms with Crippen molar-refractivity contribution in [2.45, 2.75) is 39.0 Å². The zero-order valence-electron chi connectivity index (χ0n) is 14.9. The van der Waals surface area contributed by atoms with Crippen LogP contribution in [0.1, 0.15) is 48.4 Å². The highest BCUT2D eigenvalue weighted by atomic mass is 35.5. The smallest absolute Gasteiger partial charge is 0.274 e. The molecule has 5 nitrogen and oxygen atoms in total. The van der Waals surface area contributed by atoms with Gasteiger partial charge in [-0.3, -0.25) is 4.79 Å². The lowest BCUT2D eigenvalue weighted by Crippen LogP contribution is -2.16. The Balaban J connectivity index is 1.62. The number of aromatic nitrogens is 2. The van der Waals surface area contributed by atoms with Crippen LogP contribution >= 0.6 is 11.6 Å². The first-order valence-electron chi connectivity index (χ1n) is 8.94. The summed E-state index contributed by atoms with van der Waals surface area (Å²) in [6.45, 7) is 2.59. The summed E-state index contributed by atoms with van der Waals surface area (Å²) in [7, 11) is 0. The zero-order chi connectivity index (χ0) is 18.4. The maximum absolute atomic E-state index is 12.5. The Labute approximate surface area is 158 Å². The Morgan fingerprint density at radius 2 is 2.12 bits per heavy atom. The second-order valence-corrected chi connectivity index (χ2v) is 6.87. The maximum Gasteiger partial charge on any atom is 0.274 e. The fourth-order valence-electron chi connectivity index (χ4n) is 3.02. The second-order valence-electron chi connectivity index (χ2n) is 6.44. The van der Waals surface area contributed by atoms with Crippen LogP contribution in [-0.2, 0) is 0 Å². The van der Waals surface area contributed by atoms with E-state index in [2.05, 4.69) is 26.7 Å². The van der Waals surface area contributed by atoms with Crippen molar-refractivity contribution in [1.82, 2.24) is 9.97 Å². The number of anilines is 2. The molecule has 0 bridgehead atoms. The number of hydrogen-bond acceptors (Lipinski definition) is 4. The molecule has 1 aliphatic rings. The predicted octanol–water partition coefficient (Wildman–Crippen LogP) is 4.99. The molecule has 26 heavy (non-hydrogen) atoms. The molecule has 2 aromatic rings. The number of nitrogens with one attached hydrogen (secondary N) is 2. The van der Waals surface area contributed by atoms with Crippen molar-refractivity contribution in [2.24, 2.45) is 0 Å². The van der Waals surface area contributed by atoms with E-state index in [4.69, 9.17) is 11.6 Å². The van der Waals surface area contributed by atoms with Crippen molar-refractivity contribution in [3.63, 3.8) is 0 Å². The Bertz CT molecular complexity index is 819. The van der Waals surface area contributed by atoms with E-state index in [1.165, 1.54) is 31.3 Å². The summed E-state index contributed by atoms with van der Waals surface area (Å²) in [6.07, 6.45) is 8.32. The molecule has 0 saturated carbocycles. The Kier molecular flexibility index (Phi) is 6.23. The van der Waals surface area contributed by atoms with Crippen molar-refractivity contribution >= 4 is 29.0 Å². The number of aryl methyl sites for hydroxylation is 1. The summed E-state index contributed by atoms with van der Waals surface area (Å²) in [4.78, 5) is 21.1. The van der Waals surface area contributed by atoms with Crippen LogP contribution in [0.5, 0.6) is 0 Å². The number of hydrogen-bond donors (Lipinski definition) is 2. The molecule has 1 aromatic heterocycles. The summed E-state index contributed by atoms with van der Waals surface area (Å²) in [6, 6.07) is 8.72. The quantitative estimate of drug-likeness (QED) is 0.702. The first kappa shape index (κ1) is 18.4. The number of carbonyl (C=O) groups is 1. The molecule has 0 fully saturated rings. The molecule has 0 saturated heterocycles. The van der Waals surface area contributed by atoms with Crippen molar-refractivity contribution in [3.8, 4) is 0 Å². The minimum Gasteiger partial charge on any atom is -0.370 e. The lowest BCUT2D eigenvalue weighted by atomic mass is 9.97. The van der Waals surface area contributed by atoms with Crippen LogP contribution in [-0.4, -0.2) is 22.4 Å². The van der Waals surface area contributed by atoms with E-state index < -0.39 is 0 Å². The number of carbonyl (C=O) groups excluding carboxylic acids is 1. The number of rotatable bonds is 6. The number of allylic oxidation sites excluding steroid dienone is 1. The van der Waals surface area contributed by atoms with E-state index in [0.29, 0.717) is 28.0 Å². The van der Waals surface area contributed by atoms with Gasteiger partial charge in [-0.1, -0.05) is 29.3 Å². The lowest BCUT2D eigenvalue weighted by Gasteiger charge is -2.13. The van der Waals surface area contributed by atoms with Crippen molar-refractivity contribution < 1.29 is 4.79 Å². The van der Waals surface area contributed by atoms with Gasteiger partial charge in [0.25, 0.3) is 5.91 Å². The second kappa shape index (κ2) is 8.81. The van der Waals surface area contributed by atoms with Crippen molar-refractivity contribution in [3.05, 3.63) is 58.5 Å². The zero-order valence-corrected chi connectivity index (χ0v) is 15.6. The number of amides is 1. The van der Waals surface area contributed by atoms with E-state index in [-0.39, 0.29) is 5.91 Å². The number of benzene rings is 1. The molecule has 6 heteroatoms. The molecule has 136 valence electrons. The van der Waals surface area contributed by atoms with Gasteiger partial charge in [0.15, 0.2) is 0 Å². The molecule has 1 aliphatic carbocycles. The molecule has 0 unspecified atom stereocenters. The van der Waals surface area contributed by atoms with Crippen LogP contribution < -0.4 is 10.6 Å². The molecular weight excluding hydrogens is 348 g/mol. The summed E-state index contributed by atoms with van der Waals surface area (Å²) in [5, 5.41) is 6.69. The van der Waals surface area contributed by atoms with E-state index in [1.54, 1.807) is 37.3 Å². The summed E-state index contributed by atoms with van der Waals surface area (Å²) in [5.74, 6) is 0.948. The fraction of sp³-hybridized carbons (Fsp3) is 0.350. The van der Waals surface area contributed by atoms with E-state index in [1.807, 2.05) is 0 Å². The highest BCUT2D eigenvalue weighted by molar-refractivity contribution is 6.30. The van der Waals surface area contributed by atoms with Gasteiger partial charge in [0, 0.05) is 23.3 Å². The molecule has 0 aliphatic heterocycles. The first-order valence-corrected chi connectivity index (χ1v) is 9.32. The van der Waals surface area contributed by atoms with Gasteiger partial charge in [-0.2, -0.15) is 0 Å². The van der Waals surface area contributed by atoms with Crippen LogP contribution in [0.4, 0.5) is 11.5 Å². The van der Waals surface area contributed by atoms with Crippen LogP contribution in [0.2, 0.25) is 5.02 Å². The Morgan fingerprint density at radius 3 is 2.88 bits per heavy atom. The molecule has 3 rings (SSSR count). The highest BCUT2D eigenvalue weighted by Gasteiger charge is 2.11. The van der Waals surface area contributed by atoms with Gasteiger partial charge in [-0.15, -0.1) is 0 Å². The number of nitrogens with zero attached hydrogens (tertiary/aromatic N) is 2. The molecule has 0 radical (unpaired) electrons. The average molecular weight is 371 g/mol. The molecule has 1 heterocycles. The Morgan fingerprint density at radius 1 is 1.23 bits per heavy atom. The van der Waals surface area contributed by atoms with E-state index >= 15 is 0 Å². The van der Waals surface area contributed by atoms with Gasteiger partial charge < -0.3 is 10.6 Å².